The Kier molecular flexibility index (Phi) is 3.47. The SMILES string of the molecule is NC1C=CC(C(=O)N2CCCCC2C(=O)O)C1. The number of nitrogens with zero attached hydrogens (tertiary/aromatic N) is 1. The molecule has 5 heteroatoms. The molecule has 1 fully saturated rings. The van der Waals surface area contributed by atoms with Gasteiger partial charge >= 0.3 is 5.97 Å². The normalized spacial score (nSPS) is 32.8. The predicted molar refractivity (Wildman–Crippen MR) is 62.2 cm³/mol. The van der Waals surface area contributed by atoms with E-state index in [0.29, 0.717) is 19.4 Å². The molecule has 0 aromatic rings. The average molecular weight is 238 g/mol. The largest absolute Gasteiger partial charge is 0.480 e. The van der Waals surface area contributed by atoms with E-state index in [1.165, 1.54) is 4.90 Å². The maximum Gasteiger partial charge on any atom is 0.326 e. The van der Waals surface area contributed by atoms with E-state index in [1.54, 1.807) is 6.08 Å². The molecule has 17 heavy (non-hydrogen) atoms. The molecule has 1 saturated heterocycles. The molecule has 2 rings (SSSR count). The van der Waals surface area contributed by atoms with Crippen LogP contribution in [0, 0.1) is 5.92 Å². The monoisotopic (exact) mass is 238 g/mol. The van der Waals surface area contributed by atoms with Crippen LogP contribution in [0.2, 0.25) is 0 Å². The van der Waals surface area contributed by atoms with Gasteiger partial charge in [-0.05, 0) is 25.7 Å². The Bertz CT molecular complexity index is 354. The summed E-state index contributed by atoms with van der Waals surface area (Å²) in [6.45, 7) is 0.551. The lowest BCUT2D eigenvalue weighted by Gasteiger charge is -2.34. The Morgan fingerprint density at radius 1 is 1.29 bits per heavy atom. The summed E-state index contributed by atoms with van der Waals surface area (Å²) in [6, 6.07) is -0.724. The van der Waals surface area contributed by atoms with Crippen molar-refractivity contribution >= 4 is 11.9 Å². The summed E-state index contributed by atoms with van der Waals surface area (Å²) >= 11 is 0. The van der Waals surface area contributed by atoms with Gasteiger partial charge in [0, 0.05) is 12.6 Å². The number of carboxylic acid groups (broad SMARTS) is 1. The number of hydrogen-bond donors (Lipinski definition) is 2. The van der Waals surface area contributed by atoms with Gasteiger partial charge in [-0.1, -0.05) is 12.2 Å². The minimum atomic E-state index is -0.899. The molecule has 0 radical (unpaired) electrons. The lowest BCUT2D eigenvalue weighted by Crippen LogP contribution is -2.49. The van der Waals surface area contributed by atoms with Crippen molar-refractivity contribution in [2.45, 2.75) is 37.8 Å². The molecular formula is C12H18N2O3. The van der Waals surface area contributed by atoms with E-state index in [-0.39, 0.29) is 17.9 Å². The summed E-state index contributed by atoms with van der Waals surface area (Å²) < 4.78 is 0. The Morgan fingerprint density at radius 3 is 2.65 bits per heavy atom. The van der Waals surface area contributed by atoms with Crippen molar-refractivity contribution < 1.29 is 14.7 Å². The van der Waals surface area contributed by atoms with Crippen LogP contribution in [-0.4, -0.2) is 40.5 Å². The van der Waals surface area contributed by atoms with Gasteiger partial charge in [-0.25, -0.2) is 4.79 Å². The van der Waals surface area contributed by atoms with E-state index in [4.69, 9.17) is 10.8 Å². The molecular weight excluding hydrogens is 220 g/mol. The zero-order valence-corrected chi connectivity index (χ0v) is 9.71. The molecule has 0 aromatic carbocycles. The molecule has 3 atom stereocenters. The summed E-state index contributed by atoms with van der Waals surface area (Å²) in [5.74, 6) is -1.21. The lowest BCUT2D eigenvalue weighted by atomic mass is 9.98. The third-order valence-electron chi connectivity index (χ3n) is 3.50. The molecule has 3 N–H and O–H groups in total. The summed E-state index contributed by atoms with van der Waals surface area (Å²) in [7, 11) is 0. The summed E-state index contributed by atoms with van der Waals surface area (Å²) in [5, 5.41) is 9.12. The fourth-order valence-corrected chi connectivity index (χ4v) is 2.58. The Balaban J connectivity index is 2.06. The van der Waals surface area contributed by atoms with Crippen molar-refractivity contribution in [3.63, 3.8) is 0 Å². The molecule has 3 unspecified atom stereocenters. The third-order valence-corrected chi connectivity index (χ3v) is 3.50. The number of hydrogen-bond acceptors (Lipinski definition) is 3. The van der Waals surface area contributed by atoms with Crippen LogP contribution >= 0.6 is 0 Å². The average Bonchev–Trinajstić information content (AvgIpc) is 2.75. The van der Waals surface area contributed by atoms with Crippen molar-refractivity contribution in [1.82, 2.24) is 4.90 Å². The molecule has 1 aliphatic carbocycles. The van der Waals surface area contributed by atoms with Crippen LogP contribution in [0.5, 0.6) is 0 Å². The highest BCUT2D eigenvalue weighted by molar-refractivity contribution is 5.86. The summed E-state index contributed by atoms with van der Waals surface area (Å²) in [5.41, 5.74) is 5.71. The van der Waals surface area contributed by atoms with Crippen molar-refractivity contribution in [2.24, 2.45) is 11.7 Å². The van der Waals surface area contributed by atoms with Gasteiger partial charge in [0.25, 0.3) is 0 Å². The van der Waals surface area contributed by atoms with Crippen molar-refractivity contribution in [3.8, 4) is 0 Å². The smallest absolute Gasteiger partial charge is 0.326 e. The lowest BCUT2D eigenvalue weighted by molar-refractivity contribution is -0.153. The van der Waals surface area contributed by atoms with Gasteiger partial charge in [0.05, 0.1) is 5.92 Å². The number of amides is 1. The standard InChI is InChI=1S/C12H18N2O3/c13-9-5-4-8(7-9)11(15)14-6-2-1-3-10(14)12(16)17/h4-5,8-10H,1-3,6-7,13H2,(H,16,17). The number of likely N-dealkylation sites (tertiary alicyclic amines) is 1. The van der Waals surface area contributed by atoms with E-state index < -0.39 is 12.0 Å². The van der Waals surface area contributed by atoms with Gasteiger partial charge in [0.1, 0.15) is 6.04 Å². The maximum absolute atomic E-state index is 12.2. The van der Waals surface area contributed by atoms with E-state index in [9.17, 15) is 9.59 Å². The van der Waals surface area contributed by atoms with Crippen LogP contribution in [0.25, 0.3) is 0 Å². The van der Waals surface area contributed by atoms with Crippen molar-refractivity contribution in [3.05, 3.63) is 12.2 Å². The molecule has 0 bridgehead atoms. The number of carboxylic acids is 1. The van der Waals surface area contributed by atoms with E-state index in [0.717, 1.165) is 12.8 Å². The molecule has 0 saturated carbocycles. The first-order chi connectivity index (χ1) is 8.09. The minimum Gasteiger partial charge on any atom is -0.480 e. The molecule has 0 aromatic heterocycles. The van der Waals surface area contributed by atoms with E-state index in [1.807, 2.05) is 6.08 Å². The van der Waals surface area contributed by atoms with Crippen LogP contribution in [0.15, 0.2) is 12.2 Å². The first kappa shape index (κ1) is 12.1. The van der Waals surface area contributed by atoms with Crippen LogP contribution < -0.4 is 5.73 Å². The highest BCUT2D eigenvalue weighted by Crippen LogP contribution is 2.24. The van der Waals surface area contributed by atoms with Crippen molar-refractivity contribution in [1.29, 1.82) is 0 Å². The van der Waals surface area contributed by atoms with E-state index in [2.05, 4.69) is 0 Å². The second-order valence-corrected chi connectivity index (χ2v) is 4.77. The zero-order chi connectivity index (χ0) is 12.4. The van der Waals surface area contributed by atoms with Gasteiger partial charge in [-0.2, -0.15) is 0 Å². The number of carbonyl (C=O) groups excluding carboxylic acids is 1. The fourth-order valence-electron chi connectivity index (χ4n) is 2.58. The number of piperidine rings is 1. The quantitative estimate of drug-likeness (QED) is 0.680. The van der Waals surface area contributed by atoms with Gasteiger partial charge in [-0.15, -0.1) is 0 Å². The van der Waals surface area contributed by atoms with Gasteiger partial charge < -0.3 is 15.7 Å². The second kappa shape index (κ2) is 4.87. The van der Waals surface area contributed by atoms with Crippen LogP contribution in [-0.2, 0) is 9.59 Å². The number of nitrogens with two attached hydrogens (primary N) is 1. The van der Waals surface area contributed by atoms with Crippen LogP contribution in [0.4, 0.5) is 0 Å². The zero-order valence-electron chi connectivity index (χ0n) is 9.71. The maximum atomic E-state index is 12.2. The highest BCUT2D eigenvalue weighted by atomic mass is 16.4. The number of aliphatic carboxylic acids is 1. The predicted octanol–water partition coefficient (Wildman–Crippen LogP) is 0.355. The third kappa shape index (κ3) is 2.49. The molecule has 1 aliphatic heterocycles. The van der Waals surface area contributed by atoms with Crippen LogP contribution in [0.1, 0.15) is 25.7 Å². The first-order valence-electron chi connectivity index (χ1n) is 6.07. The molecule has 1 heterocycles. The van der Waals surface area contributed by atoms with E-state index >= 15 is 0 Å². The van der Waals surface area contributed by atoms with Crippen LogP contribution in [0.3, 0.4) is 0 Å². The van der Waals surface area contributed by atoms with Crippen molar-refractivity contribution in [2.75, 3.05) is 6.54 Å². The first-order valence-corrected chi connectivity index (χ1v) is 6.07. The van der Waals surface area contributed by atoms with Gasteiger partial charge in [0.15, 0.2) is 0 Å². The molecule has 94 valence electrons. The number of rotatable bonds is 2. The minimum absolute atomic E-state index is 0.0722. The Hall–Kier alpha value is -1.36. The Morgan fingerprint density at radius 2 is 2.06 bits per heavy atom. The molecule has 5 nitrogen and oxygen atoms in total. The number of carbonyl (C=O) groups is 2. The summed E-state index contributed by atoms with van der Waals surface area (Å²) in [6.07, 6.45) is 6.55. The summed E-state index contributed by atoms with van der Waals surface area (Å²) in [4.78, 5) is 24.8. The molecule has 2 aliphatic rings. The fraction of sp³-hybridized carbons (Fsp3) is 0.667. The highest BCUT2D eigenvalue weighted by Gasteiger charge is 2.35. The van der Waals surface area contributed by atoms with Gasteiger partial charge in [0.2, 0.25) is 5.91 Å². The molecule has 0 spiro atoms. The van der Waals surface area contributed by atoms with Gasteiger partial charge in [-0.3, -0.25) is 4.79 Å². The molecule has 1 amide bonds. The second-order valence-electron chi connectivity index (χ2n) is 4.77. The Labute approximate surface area is 100 Å². The topological polar surface area (TPSA) is 83.6 Å².